The standard InChI is InChI=1S/C9H19N.C2H6/c10-8-4-7-9-5-2-1-3-6-9;1-2/h9H,1-8,10H2;1-2H3. The highest BCUT2D eigenvalue weighted by atomic mass is 14.5. The van der Waals surface area contributed by atoms with Gasteiger partial charge < -0.3 is 5.73 Å². The second-order valence-corrected chi connectivity index (χ2v) is 3.43. The molecule has 0 bridgehead atoms. The molecule has 0 amide bonds. The summed E-state index contributed by atoms with van der Waals surface area (Å²) in [6.07, 6.45) is 9.98. The van der Waals surface area contributed by atoms with Crippen LogP contribution >= 0.6 is 0 Å². The van der Waals surface area contributed by atoms with Gasteiger partial charge in [0.15, 0.2) is 0 Å². The zero-order valence-electron chi connectivity index (χ0n) is 8.81. The van der Waals surface area contributed by atoms with Gasteiger partial charge in [-0.15, -0.1) is 0 Å². The summed E-state index contributed by atoms with van der Waals surface area (Å²) >= 11 is 0. The van der Waals surface area contributed by atoms with E-state index in [1.165, 1.54) is 44.9 Å². The van der Waals surface area contributed by atoms with Crippen molar-refractivity contribution in [3.05, 3.63) is 0 Å². The second kappa shape index (κ2) is 9.05. The van der Waals surface area contributed by atoms with Gasteiger partial charge in [0.1, 0.15) is 0 Å². The topological polar surface area (TPSA) is 26.0 Å². The van der Waals surface area contributed by atoms with Gasteiger partial charge in [-0.1, -0.05) is 46.0 Å². The smallest absolute Gasteiger partial charge is 0.00772 e. The van der Waals surface area contributed by atoms with Gasteiger partial charge in [-0.25, -0.2) is 0 Å². The lowest BCUT2D eigenvalue weighted by Gasteiger charge is -2.20. The van der Waals surface area contributed by atoms with Gasteiger partial charge >= 0.3 is 0 Å². The van der Waals surface area contributed by atoms with Crippen LogP contribution in [0.15, 0.2) is 0 Å². The number of rotatable bonds is 3. The maximum Gasteiger partial charge on any atom is -0.00772 e. The summed E-state index contributed by atoms with van der Waals surface area (Å²) in [5, 5.41) is 0. The van der Waals surface area contributed by atoms with Gasteiger partial charge in [0.05, 0.1) is 0 Å². The molecule has 0 atom stereocenters. The largest absolute Gasteiger partial charge is 0.330 e. The first kappa shape index (κ1) is 12.0. The minimum Gasteiger partial charge on any atom is -0.330 e. The van der Waals surface area contributed by atoms with Crippen LogP contribution in [0, 0.1) is 5.92 Å². The van der Waals surface area contributed by atoms with Crippen molar-refractivity contribution in [1.29, 1.82) is 0 Å². The van der Waals surface area contributed by atoms with Crippen molar-refractivity contribution < 1.29 is 0 Å². The molecule has 0 aromatic carbocycles. The molecule has 0 heterocycles. The van der Waals surface area contributed by atoms with Crippen LogP contribution in [0.25, 0.3) is 0 Å². The number of nitrogens with two attached hydrogens (primary N) is 1. The lowest BCUT2D eigenvalue weighted by Crippen LogP contribution is -2.08. The predicted octanol–water partition coefficient (Wildman–Crippen LogP) is 3.33. The molecular formula is C11H25N. The molecule has 74 valence electrons. The molecule has 1 rings (SSSR count). The average molecular weight is 171 g/mol. The van der Waals surface area contributed by atoms with Crippen molar-refractivity contribution >= 4 is 0 Å². The fourth-order valence-electron chi connectivity index (χ4n) is 1.88. The Morgan fingerprint density at radius 1 is 1.08 bits per heavy atom. The Kier molecular flexibility index (Phi) is 9.02. The highest BCUT2D eigenvalue weighted by Gasteiger charge is 2.11. The maximum absolute atomic E-state index is 5.45. The van der Waals surface area contributed by atoms with Crippen molar-refractivity contribution in [2.75, 3.05) is 6.54 Å². The fourth-order valence-corrected chi connectivity index (χ4v) is 1.88. The molecule has 1 nitrogen and oxygen atoms in total. The summed E-state index contributed by atoms with van der Waals surface area (Å²) in [5.41, 5.74) is 5.45. The van der Waals surface area contributed by atoms with E-state index in [4.69, 9.17) is 5.73 Å². The number of hydrogen-bond donors (Lipinski definition) is 1. The van der Waals surface area contributed by atoms with E-state index in [9.17, 15) is 0 Å². The van der Waals surface area contributed by atoms with Gasteiger partial charge in [-0.2, -0.15) is 0 Å². The molecule has 1 saturated carbocycles. The Labute approximate surface area is 77.7 Å². The molecule has 1 heteroatoms. The lowest BCUT2D eigenvalue weighted by atomic mass is 9.86. The van der Waals surface area contributed by atoms with E-state index in [0.29, 0.717) is 0 Å². The highest BCUT2D eigenvalue weighted by molar-refractivity contribution is 4.65. The van der Waals surface area contributed by atoms with E-state index in [0.717, 1.165) is 12.5 Å². The lowest BCUT2D eigenvalue weighted by molar-refractivity contribution is 0.334. The van der Waals surface area contributed by atoms with Crippen LogP contribution in [-0.2, 0) is 0 Å². The number of hydrogen-bond acceptors (Lipinski definition) is 1. The minimum absolute atomic E-state index is 0.885. The molecular weight excluding hydrogens is 146 g/mol. The van der Waals surface area contributed by atoms with E-state index >= 15 is 0 Å². The summed E-state index contributed by atoms with van der Waals surface area (Å²) in [7, 11) is 0. The van der Waals surface area contributed by atoms with E-state index in [2.05, 4.69) is 0 Å². The summed E-state index contributed by atoms with van der Waals surface area (Å²) in [5.74, 6) is 1.03. The Balaban J connectivity index is 0.000000561. The van der Waals surface area contributed by atoms with Crippen molar-refractivity contribution in [3.63, 3.8) is 0 Å². The van der Waals surface area contributed by atoms with Gasteiger partial charge in [0.2, 0.25) is 0 Å². The first-order valence-corrected chi connectivity index (χ1v) is 5.63. The molecule has 0 radical (unpaired) electrons. The second-order valence-electron chi connectivity index (χ2n) is 3.43. The van der Waals surface area contributed by atoms with Crippen LogP contribution in [-0.4, -0.2) is 6.54 Å². The van der Waals surface area contributed by atoms with E-state index in [1.807, 2.05) is 13.8 Å². The van der Waals surface area contributed by atoms with E-state index in [-0.39, 0.29) is 0 Å². The summed E-state index contributed by atoms with van der Waals surface area (Å²) < 4.78 is 0. The fraction of sp³-hybridized carbons (Fsp3) is 1.00. The van der Waals surface area contributed by atoms with Crippen LogP contribution < -0.4 is 5.73 Å². The summed E-state index contributed by atoms with van der Waals surface area (Å²) in [4.78, 5) is 0. The average Bonchev–Trinajstić information content (AvgIpc) is 2.19. The molecule has 1 fully saturated rings. The van der Waals surface area contributed by atoms with Crippen molar-refractivity contribution in [3.8, 4) is 0 Å². The predicted molar refractivity (Wildman–Crippen MR) is 56.2 cm³/mol. The van der Waals surface area contributed by atoms with Crippen LogP contribution in [0.1, 0.15) is 58.8 Å². The van der Waals surface area contributed by atoms with Gasteiger partial charge in [0.25, 0.3) is 0 Å². The van der Waals surface area contributed by atoms with Gasteiger partial charge in [-0.05, 0) is 25.3 Å². The van der Waals surface area contributed by atoms with Gasteiger partial charge in [0, 0.05) is 0 Å². The van der Waals surface area contributed by atoms with Crippen LogP contribution in [0.3, 0.4) is 0 Å². The highest BCUT2D eigenvalue weighted by Crippen LogP contribution is 2.26. The summed E-state index contributed by atoms with van der Waals surface area (Å²) in [6.45, 7) is 4.89. The first-order valence-electron chi connectivity index (χ1n) is 5.63. The minimum atomic E-state index is 0.885. The third kappa shape index (κ3) is 5.59. The molecule has 0 aliphatic heterocycles. The van der Waals surface area contributed by atoms with Crippen molar-refractivity contribution in [2.24, 2.45) is 11.7 Å². The molecule has 12 heavy (non-hydrogen) atoms. The van der Waals surface area contributed by atoms with Crippen LogP contribution in [0.4, 0.5) is 0 Å². The molecule has 1 aliphatic carbocycles. The molecule has 0 saturated heterocycles. The monoisotopic (exact) mass is 171 g/mol. The van der Waals surface area contributed by atoms with E-state index in [1.54, 1.807) is 0 Å². The SMILES string of the molecule is CC.NCCCC1CCCCC1. The molecule has 2 N–H and O–H groups in total. The van der Waals surface area contributed by atoms with Crippen LogP contribution in [0.2, 0.25) is 0 Å². The summed E-state index contributed by atoms with van der Waals surface area (Å²) in [6, 6.07) is 0. The van der Waals surface area contributed by atoms with E-state index < -0.39 is 0 Å². The Bertz CT molecular complexity index is 75.1. The Hall–Kier alpha value is -0.0400. The zero-order chi connectivity index (χ0) is 9.23. The molecule has 0 spiro atoms. The third-order valence-electron chi connectivity index (χ3n) is 2.54. The first-order chi connectivity index (χ1) is 5.93. The van der Waals surface area contributed by atoms with Crippen molar-refractivity contribution in [1.82, 2.24) is 0 Å². The normalized spacial score (nSPS) is 18.2. The zero-order valence-corrected chi connectivity index (χ0v) is 8.81. The Morgan fingerprint density at radius 3 is 2.17 bits per heavy atom. The van der Waals surface area contributed by atoms with Crippen LogP contribution in [0.5, 0.6) is 0 Å². The molecule has 0 aromatic rings. The quantitative estimate of drug-likeness (QED) is 0.692. The third-order valence-corrected chi connectivity index (χ3v) is 2.54. The molecule has 0 unspecified atom stereocenters. The molecule has 0 aromatic heterocycles. The molecule has 1 aliphatic rings. The van der Waals surface area contributed by atoms with Gasteiger partial charge in [-0.3, -0.25) is 0 Å². The van der Waals surface area contributed by atoms with Crippen molar-refractivity contribution in [2.45, 2.75) is 58.8 Å². The maximum atomic E-state index is 5.45. The Morgan fingerprint density at radius 2 is 1.67 bits per heavy atom.